The first-order valence-electron chi connectivity index (χ1n) is 13.4. The summed E-state index contributed by atoms with van der Waals surface area (Å²) < 4.78 is 5.89. The zero-order valence-electron chi connectivity index (χ0n) is 23.6. The third-order valence-corrected chi connectivity index (χ3v) is 5.84. The minimum atomic E-state index is -0.257. The monoisotopic (exact) mass is 459 g/mol. The van der Waals surface area contributed by atoms with Crippen LogP contribution in [0.3, 0.4) is 0 Å². The van der Waals surface area contributed by atoms with Crippen LogP contribution in [-0.2, 0) is 9.53 Å². The van der Waals surface area contributed by atoms with Crippen LogP contribution in [-0.4, -0.2) is 36.1 Å². The van der Waals surface area contributed by atoms with Gasteiger partial charge in [0, 0.05) is 44.2 Å². The van der Waals surface area contributed by atoms with Gasteiger partial charge in [0.2, 0.25) is 5.91 Å². The lowest BCUT2D eigenvalue weighted by molar-refractivity contribution is -0.139. The van der Waals surface area contributed by atoms with Crippen LogP contribution in [0, 0.1) is 46.9 Å². The van der Waals surface area contributed by atoms with E-state index >= 15 is 0 Å². The molecule has 0 aromatic carbocycles. The third-order valence-electron chi connectivity index (χ3n) is 5.84. The van der Waals surface area contributed by atoms with Gasteiger partial charge in [0.25, 0.3) is 0 Å². The van der Waals surface area contributed by atoms with E-state index in [4.69, 9.17) is 4.74 Å². The van der Waals surface area contributed by atoms with Crippen LogP contribution in [0.5, 0.6) is 0 Å². The minimum absolute atomic E-state index is 0.0222. The highest BCUT2D eigenvalue weighted by Gasteiger charge is 2.48. The van der Waals surface area contributed by atoms with E-state index in [-0.39, 0.29) is 16.9 Å². The van der Waals surface area contributed by atoms with Gasteiger partial charge in [-0.25, -0.2) is 0 Å². The van der Waals surface area contributed by atoms with Crippen molar-refractivity contribution in [1.29, 1.82) is 0 Å². The lowest BCUT2D eigenvalue weighted by Gasteiger charge is -2.29. The maximum Gasteiger partial charge on any atom is 0.227 e. The van der Waals surface area contributed by atoms with Crippen LogP contribution in [0.4, 0.5) is 0 Å². The Morgan fingerprint density at radius 2 is 1.27 bits per heavy atom. The molecule has 0 radical (unpaired) electrons. The first-order valence-corrected chi connectivity index (χ1v) is 13.4. The highest BCUT2D eigenvalue weighted by atomic mass is 16.5. The van der Waals surface area contributed by atoms with E-state index in [9.17, 15) is 4.79 Å². The SMILES string of the molecule is CC.CC.CC(C)(C)C(=O)N1CCC#CCCC1.CC(C)(C)OCC1C2CCC#CCCC21. The van der Waals surface area contributed by atoms with Crippen molar-refractivity contribution in [3.8, 4) is 23.7 Å². The third kappa shape index (κ3) is 13.1. The fraction of sp³-hybridized carbons (Fsp3) is 0.833. The number of rotatable bonds is 2. The average molecular weight is 460 g/mol. The molecule has 0 saturated heterocycles. The number of carbonyl (C=O) groups is 1. The number of carbonyl (C=O) groups excluding carboxylic acids is 1. The van der Waals surface area contributed by atoms with Gasteiger partial charge in [-0.15, -0.1) is 23.7 Å². The van der Waals surface area contributed by atoms with E-state index in [0.29, 0.717) is 0 Å². The van der Waals surface area contributed by atoms with Gasteiger partial charge in [-0.3, -0.25) is 4.79 Å². The van der Waals surface area contributed by atoms with Crippen LogP contribution in [0.15, 0.2) is 0 Å². The van der Waals surface area contributed by atoms with Gasteiger partial charge in [-0.05, 0) is 57.8 Å². The van der Waals surface area contributed by atoms with E-state index in [1.54, 1.807) is 0 Å². The summed E-state index contributed by atoms with van der Waals surface area (Å²) in [6, 6.07) is 0. The molecule has 3 rings (SSSR count). The zero-order valence-corrected chi connectivity index (χ0v) is 23.6. The number of ether oxygens (including phenoxy) is 1. The van der Waals surface area contributed by atoms with Crippen LogP contribution in [0.1, 0.15) is 114 Å². The second kappa shape index (κ2) is 16.2. The quantitative estimate of drug-likeness (QED) is 0.404. The number of nitrogens with zero attached hydrogens (tertiary/aromatic N) is 1. The smallest absolute Gasteiger partial charge is 0.227 e. The Balaban J connectivity index is 0.000000541. The largest absolute Gasteiger partial charge is 0.376 e. The van der Waals surface area contributed by atoms with E-state index < -0.39 is 0 Å². The molecule has 1 saturated carbocycles. The molecular formula is C30H53NO2. The molecule has 3 aliphatic rings. The van der Waals surface area contributed by atoms with Crippen molar-refractivity contribution in [3.63, 3.8) is 0 Å². The molecule has 3 heteroatoms. The van der Waals surface area contributed by atoms with Gasteiger partial charge in [0.05, 0.1) is 12.2 Å². The molecular weight excluding hydrogens is 406 g/mol. The predicted molar refractivity (Wildman–Crippen MR) is 143 cm³/mol. The van der Waals surface area contributed by atoms with Crippen molar-refractivity contribution < 1.29 is 9.53 Å². The normalized spacial score (nSPS) is 23.6. The van der Waals surface area contributed by atoms with Crippen molar-refractivity contribution in [3.05, 3.63) is 0 Å². The molecule has 2 unspecified atom stereocenters. The van der Waals surface area contributed by atoms with Gasteiger partial charge in [0.1, 0.15) is 0 Å². The van der Waals surface area contributed by atoms with Crippen molar-refractivity contribution in [1.82, 2.24) is 4.90 Å². The molecule has 0 aromatic rings. The van der Waals surface area contributed by atoms with Crippen molar-refractivity contribution in [2.24, 2.45) is 23.2 Å². The summed E-state index contributed by atoms with van der Waals surface area (Å²) >= 11 is 0. The van der Waals surface area contributed by atoms with Crippen LogP contribution >= 0.6 is 0 Å². The second-order valence-electron chi connectivity index (χ2n) is 10.6. The molecule has 1 fully saturated rings. The molecule has 3 nitrogen and oxygen atoms in total. The predicted octanol–water partition coefficient (Wildman–Crippen LogP) is 7.34. The maximum atomic E-state index is 12.0. The summed E-state index contributed by atoms with van der Waals surface area (Å²) in [5, 5.41) is 0. The van der Waals surface area contributed by atoms with Gasteiger partial charge in [-0.2, -0.15) is 0 Å². The van der Waals surface area contributed by atoms with Crippen molar-refractivity contribution >= 4 is 5.91 Å². The Morgan fingerprint density at radius 1 is 0.788 bits per heavy atom. The van der Waals surface area contributed by atoms with Crippen LogP contribution in [0.2, 0.25) is 0 Å². The Bertz CT molecular complexity index is 642. The summed E-state index contributed by atoms with van der Waals surface area (Å²) in [6.45, 7) is 23.0. The Labute approximate surface area is 206 Å². The number of fused-ring (bicyclic) bond motifs is 1. The molecule has 1 amide bonds. The fourth-order valence-corrected chi connectivity index (χ4v) is 4.14. The molecule has 1 heterocycles. The highest BCUT2D eigenvalue weighted by Crippen LogP contribution is 2.52. The van der Waals surface area contributed by atoms with Gasteiger partial charge < -0.3 is 9.64 Å². The molecule has 0 spiro atoms. The van der Waals surface area contributed by atoms with Gasteiger partial charge in [-0.1, -0.05) is 48.5 Å². The van der Waals surface area contributed by atoms with Crippen molar-refractivity contribution in [2.75, 3.05) is 19.7 Å². The zero-order chi connectivity index (χ0) is 25.5. The lowest BCUT2D eigenvalue weighted by atomic mass is 9.94. The summed E-state index contributed by atoms with van der Waals surface area (Å²) in [6.07, 6.45) is 7.57. The lowest BCUT2D eigenvalue weighted by Crippen LogP contribution is -2.40. The summed E-state index contributed by atoms with van der Waals surface area (Å²) in [7, 11) is 0. The molecule has 2 aliphatic carbocycles. The Morgan fingerprint density at radius 3 is 1.76 bits per heavy atom. The molecule has 2 atom stereocenters. The fourth-order valence-electron chi connectivity index (χ4n) is 4.14. The molecule has 190 valence electrons. The summed E-state index contributed by atoms with van der Waals surface area (Å²) in [4.78, 5) is 13.9. The van der Waals surface area contributed by atoms with E-state index in [1.165, 1.54) is 12.8 Å². The van der Waals surface area contributed by atoms with Gasteiger partial charge >= 0.3 is 0 Å². The molecule has 1 aliphatic heterocycles. The minimum Gasteiger partial charge on any atom is -0.376 e. The first kappa shape index (κ1) is 31.6. The van der Waals surface area contributed by atoms with Crippen molar-refractivity contribution in [2.45, 2.75) is 120 Å². The number of hydrogen-bond acceptors (Lipinski definition) is 2. The first-order chi connectivity index (χ1) is 15.6. The standard InChI is InChI=1S/C14H22O.C12H19NO.2C2H6/c1-14(2,3)15-10-13-11-8-6-4-5-7-9-12(11)13;1-12(2,3)11(14)13-9-7-5-4-6-8-10-13;2*1-2/h11-13H,6-10H2,1-3H3;5,7-10H2,1-3H3;2*1-2H3. The molecule has 0 N–H and O–H groups in total. The van der Waals surface area contributed by atoms with Gasteiger partial charge in [0.15, 0.2) is 0 Å². The van der Waals surface area contributed by atoms with E-state index in [1.807, 2.05) is 53.4 Å². The topological polar surface area (TPSA) is 29.5 Å². The Hall–Kier alpha value is -1.45. The van der Waals surface area contributed by atoms with E-state index in [2.05, 4.69) is 44.5 Å². The maximum absolute atomic E-state index is 12.0. The molecule has 0 aromatic heterocycles. The number of hydrogen-bond donors (Lipinski definition) is 0. The average Bonchev–Trinajstić information content (AvgIpc) is 3.37. The molecule has 0 bridgehead atoms. The van der Waals surface area contributed by atoms with Crippen LogP contribution < -0.4 is 0 Å². The van der Waals surface area contributed by atoms with E-state index in [0.717, 1.165) is 69.6 Å². The molecule has 33 heavy (non-hydrogen) atoms. The highest BCUT2D eigenvalue weighted by molar-refractivity contribution is 5.81. The summed E-state index contributed by atoms with van der Waals surface area (Å²) in [5.41, 5.74) is -0.235. The summed E-state index contributed by atoms with van der Waals surface area (Å²) in [5.74, 6) is 15.6. The van der Waals surface area contributed by atoms with Crippen LogP contribution in [0.25, 0.3) is 0 Å². The Kier molecular flexibility index (Phi) is 15.5. The second-order valence-corrected chi connectivity index (χ2v) is 10.6. The number of amides is 1.